The molecule has 1 aromatic heterocycles. The number of halogens is 1. The number of hydrogen-bond acceptors (Lipinski definition) is 5. The summed E-state index contributed by atoms with van der Waals surface area (Å²) in [5, 5.41) is 14.1. The van der Waals surface area contributed by atoms with Crippen LogP contribution in [-0.2, 0) is 4.79 Å². The van der Waals surface area contributed by atoms with Gasteiger partial charge >= 0.3 is 0 Å². The van der Waals surface area contributed by atoms with Crippen molar-refractivity contribution in [2.24, 2.45) is 4.99 Å². The predicted octanol–water partition coefficient (Wildman–Crippen LogP) is 1.61. The molecule has 18 heavy (non-hydrogen) atoms. The molecule has 1 aliphatic heterocycles. The summed E-state index contributed by atoms with van der Waals surface area (Å²) in [5.74, 6) is 0.0732. The Morgan fingerprint density at radius 2 is 2.06 bits per heavy atom. The van der Waals surface area contributed by atoms with Gasteiger partial charge in [0.05, 0.1) is 0 Å². The minimum atomic E-state index is -0.519. The van der Waals surface area contributed by atoms with Gasteiger partial charge in [0, 0.05) is 10.6 Å². The van der Waals surface area contributed by atoms with Crippen molar-refractivity contribution >= 4 is 34.3 Å². The number of nitrogens with one attached hydrogen (secondary N) is 1. The molecule has 1 N–H and O–H groups in total. The summed E-state index contributed by atoms with van der Waals surface area (Å²) in [6, 6.07) is 7.15. The Kier molecular flexibility index (Phi) is 2.85. The van der Waals surface area contributed by atoms with Gasteiger partial charge in [-0.1, -0.05) is 40.7 Å². The third kappa shape index (κ3) is 2.02. The number of tetrazole rings is 1. The van der Waals surface area contributed by atoms with Crippen LogP contribution in [0.4, 0.5) is 0 Å². The number of benzene rings is 1. The van der Waals surface area contributed by atoms with Crippen molar-refractivity contribution in [2.45, 2.75) is 5.25 Å². The number of rotatable bonds is 2. The topological polar surface area (TPSA) is 83.9 Å². The number of carbonyl (C=O) groups excluding carboxylic acids is 1. The zero-order valence-corrected chi connectivity index (χ0v) is 10.4. The maximum absolute atomic E-state index is 11.8. The van der Waals surface area contributed by atoms with Crippen LogP contribution in [0.5, 0.6) is 0 Å². The molecule has 3 rings (SSSR count). The molecule has 1 atom stereocenters. The van der Waals surface area contributed by atoms with Crippen molar-refractivity contribution < 1.29 is 4.79 Å². The highest BCUT2D eigenvalue weighted by molar-refractivity contribution is 8.15. The van der Waals surface area contributed by atoms with Crippen LogP contribution in [0.3, 0.4) is 0 Å². The average Bonchev–Trinajstić information content (AvgIpc) is 2.99. The number of aliphatic imine (C=N–C) groups is 1. The van der Waals surface area contributed by atoms with Gasteiger partial charge in [-0.15, -0.1) is 10.2 Å². The van der Waals surface area contributed by atoms with Gasteiger partial charge in [-0.05, 0) is 12.1 Å². The largest absolute Gasteiger partial charge is 0.271 e. The molecule has 0 bridgehead atoms. The summed E-state index contributed by atoms with van der Waals surface area (Å²) in [7, 11) is 0. The number of thioether (sulfide) groups is 1. The molecular formula is C10H6ClN5OS. The second kappa shape index (κ2) is 4.51. The summed E-state index contributed by atoms with van der Waals surface area (Å²) >= 11 is 7.12. The van der Waals surface area contributed by atoms with Crippen LogP contribution in [0.2, 0.25) is 5.02 Å². The number of aromatic nitrogens is 4. The summed E-state index contributed by atoms with van der Waals surface area (Å²) in [4.78, 5) is 15.8. The lowest BCUT2D eigenvalue weighted by molar-refractivity contribution is -0.117. The van der Waals surface area contributed by atoms with Crippen LogP contribution in [0.15, 0.2) is 29.3 Å². The van der Waals surface area contributed by atoms with Gasteiger partial charge in [-0.3, -0.25) is 4.79 Å². The molecule has 1 aliphatic rings. The van der Waals surface area contributed by atoms with E-state index in [1.165, 1.54) is 11.8 Å². The lowest BCUT2D eigenvalue weighted by Crippen LogP contribution is -2.03. The molecule has 0 aliphatic carbocycles. The highest BCUT2D eigenvalue weighted by Crippen LogP contribution is 2.36. The molecule has 0 saturated carbocycles. The highest BCUT2D eigenvalue weighted by atomic mass is 35.5. The van der Waals surface area contributed by atoms with E-state index in [1.54, 1.807) is 12.1 Å². The van der Waals surface area contributed by atoms with E-state index >= 15 is 0 Å². The lowest BCUT2D eigenvalue weighted by Gasteiger charge is -2.01. The Bertz CT molecular complexity index is 610. The summed E-state index contributed by atoms with van der Waals surface area (Å²) < 4.78 is 0. The van der Waals surface area contributed by atoms with Gasteiger partial charge in [-0.2, -0.15) is 5.21 Å². The molecule has 1 unspecified atom stereocenters. The third-order valence-corrected chi connectivity index (χ3v) is 3.80. The zero-order chi connectivity index (χ0) is 12.5. The third-order valence-electron chi connectivity index (χ3n) is 2.35. The fraction of sp³-hybridized carbons (Fsp3) is 0.100. The molecule has 1 aromatic carbocycles. The van der Waals surface area contributed by atoms with E-state index < -0.39 is 5.25 Å². The van der Waals surface area contributed by atoms with E-state index in [2.05, 4.69) is 25.6 Å². The Hall–Kier alpha value is -1.73. The van der Waals surface area contributed by atoms with Gasteiger partial charge in [0.1, 0.15) is 5.04 Å². The smallest absolute Gasteiger partial charge is 0.268 e. The monoisotopic (exact) mass is 279 g/mol. The number of carbonyl (C=O) groups is 1. The molecule has 0 saturated heterocycles. The average molecular weight is 280 g/mol. The standard InChI is InChI=1S/C10H6ClN5OS/c11-6-3-1-5(2-4-6)10-12-9(17)7(18-10)8-13-15-16-14-8/h1-4,7H,(H,13,14,15,16). The zero-order valence-electron chi connectivity index (χ0n) is 8.87. The van der Waals surface area contributed by atoms with Crippen LogP contribution in [0, 0.1) is 0 Å². The van der Waals surface area contributed by atoms with Crippen molar-refractivity contribution in [1.29, 1.82) is 0 Å². The minimum absolute atomic E-state index is 0.272. The first-order valence-corrected chi connectivity index (χ1v) is 6.28. The van der Waals surface area contributed by atoms with Crippen molar-refractivity contribution in [3.05, 3.63) is 40.7 Å². The van der Waals surface area contributed by atoms with Crippen LogP contribution in [0.1, 0.15) is 16.6 Å². The van der Waals surface area contributed by atoms with E-state index in [-0.39, 0.29) is 5.91 Å². The minimum Gasteiger partial charge on any atom is -0.271 e. The van der Waals surface area contributed by atoms with E-state index in [9.17, 15) is 4.79 Å². The van der Waals surface area contributed by atoms with Crippen LogP contribution in [0.25, 0.3) is 0 Å². The molecule has 0 fully saturated rings. The Labute approximate surface area is 111 Å². The van der Waals surface area contributed by atoms with Crippen LogP contribution in [-0.4, -0.2) is 31.6 Å². The van der Waals surface area contributed by atoms with Gasteiger partial charge in [0.15, 0.2) is 11.1 Å². The van der Waals surface area contributed by atoms with Crippen LogP contribution < -0.4 is 0 Å². The van der Waals surface area contributed by atoms with Gasteiger partial charge in [-0.25, -0.2) is 4.99 Å². The number of amides is 1. The van der Waals surface area contributed by atoms with E-state index in [4.69, 9.17) is 11.6 Å². The highest BCUT2D eigenvalue weighted by Gasteiger charge is 2.33. The number of nitrogens with zero attached hydrogens (tertiary/aromatic N) is 4. The van der Waals surface area contributed by atoms with Gasteiger partial charge < -0.3 is 0 Å². The quantitative estimate of drug-likeness (QED) is 0.903. The van der Waals surface area contributed by atoms with Crippen molar-refractivity contribution in [3.8, 4) is 0 Å². The Balaban J connectivity index is 1.87. The van der Waals surface area contributed by atoms with E-state index in [1.807, 2.05) is 12.1 Å². The fourth-order valence-corrected chi connectivity index (χ4v) is 2.64. The molecule has 0 spiro atoms. The first-order valence-electron chi connectivity index (χ1n) is 5.02. The summed E-state index contributed by atoms with van der Waals surface area (Å²) in [5.41, 5.74) is 0.851. The molecule has 2 aromatic rings. The summed E-state index contributed by atoms with van der Waals surface area (Å²) in [6.45, 7) is 0. The molecule has 1 amide bonds. The van der Waals surface area contributed by atoms with Gasteiger partial charge in [0.25, 0.3) is 5.91 Å². The molecule has 6 nitrogen and oxygen atoms in total. The predicted molar refractivity (Wildman–Crippen MR) is 67.5 cm³/mol. The normalized spacial score (nSPS) is 19.1. The Morgan fingerprint density at radius 3 is 2.72 bits per heavy atom. The van der Waals surface area contributed by atoms with E-state index in [0.717, 1.165) is 5.56 Å². The second-order valence-corrected chi connectivity index (χ2v) is 5.06. The maximum Gasteiger partial charge on any atom is 0.268 e. The van der Waals surface area contributed by atoms with Crippen LogP contribution >= 0.6 is 23.4 Å². The maximum atomic E-state index is 11.8. The van der Waals surface area contributed by atoms with Crippen molar-refractivity contribution in [3.63, 3.8) is 0 Å². The molecular weight excluding hydrogens is 274 g/mol. The van der Waals surface area contributed by atoms with E-state index in [0.29, 0.717) is 15.9 Å². The second-order valence-electron chi connectivity index (χ2n) is 3.53. The number of H-pyrrole nitrogens is 1. The number of aromatic amines is 1. The lowest BCUT2D eigenvalue weighted by atomic mass is 10.2. The first-order chi connectivity index (χ1) is 8.74. The Morgan fingerprint density at radius 1 is 1.28 bits per heavy atom. The number of hydrogen-bond donors (Lipinski definition) is 1. The fourth-order valence-electron chi connectivity index (χ4n) is 1.52. The summed E-state index contributed by atoms with van der Waals surface area (Å²) in [6.07, 6.45) is 0. The molecule has 90 valence electrons. The molecule has 8 heteroatoms. The van der Waals surface area contributed by atoms with Crippen molar-refractivity contribution in [1.82, 2.24) is 20.6 Å². The molecule has 2 heterocycles. The SMILES string of the molecule is O=C1N=C(c2ccc(Cl)cc2)SC1c1nn[nH]n1. The van der Waals surface area contributed by atoms with Gasteiger partial charge in [0.2, 0.25) is 0 Å². The van der Waals surface area contributed by atoms with Crippen molar-refractivity contribution in [2.75, 3.05) is 0 Å². The molecule has 0 radical (unpaired) electrons. The first kappa shape index (κ1) is 11.4.